The van der Waals surface area contributed by atoms with Crippen molar-refractivity contribution in [3.63, 3.8) is 0 Å². The van der Waals surface area contributed by atoms with E-state index in [0.29, 0.717) is 11.8 Å². The highest BCUT2D eigenvalue weighted by atomic mass is 79.9. The number of aryl methyl sites for hydroxylation is 2. The SMILES string of the molecule is Cc1ccc(Nc2nc(C)c(Br)c(N)n2)cc1. The number of nitrogen functional groups attached to an aromatic ring is 1. The van der Waals surface area contributed by atoms with E-state index >= 15 is 0 Å². The molecule has 5 heteroatoms. The molecule has 0 bridgehead atoms. The lowest BCUT2D eigenvalue weighted by Crippen LogP contribution is -2.03. The van der Waals surface area contributed by atoms with Gasteiger partial charge in [-0.2, -0.15) is 4.98 Å². The highest BCUT2D eigenvalue weighted by Gasteiger charge is 2.06. The second kappa shape index (κ2) is 4.71. The molecule has 0 saturated heterocycles. The lowest BCUT2D eigenvalue weighted by molar-refractivity contribution is 1.10. The standard InChI is InChI=1S/C12H13BrN4/c1-7-3-5-9(6-4-7)16-12-15-8(2)10(13)11(14)17-12/h3-6H,1-2H3,(H3,14,15,16,17). The Hall–Kier alpha value is -1.62. The van der Waals surface area contributed by atoms with E-state index in [-0.39, 0.29) is 0 Å². The number of aromatic nitrogens is 2. The van der Waals surface area contributed by atoms with E-state index in [9.17, 15) is 0 Å². The van der Waals surface area contributed by atoms with Gasteiger partial charge in [0.25, 0.3) is 0 Å². The van der Waals surface area contributed by atoms with Crippen LogP contribution in [-0.4, -0.2) is 9.97 Å². The Labute approximate surface area is 108 Å². The molecule has 0 unspecified atom stereocenters. The van der Waals surface area contributed by atoms with E-state index in [1.54, 1.807) is 0 Å². The highest BCUT2D eigenvalue weighted by Crippen LogP contribution is 2.23. The number of halogens is 1. The Morgan fingerprint density at radius 3 is 2.35 bits per heavy atom. The smallest absolute Gasteiger partial charge is 0.229 e. The van der Waals surface area contributed by atoms with Gasteiger partial charge in [0.1, 0.15) is 5.82 Å². The monoisotopic (exact) mass is 292 g/mol. The van der Waals surface area contributed by atoms with Gasteiger partial charge in [0.05, 0.1) is 10.2 Å². The van der Waals surface area contributed by atoms with Gasteiger partial charge in [0.15, 0.2) is 0 Å². The van der Waals surface area contributed by atoms with Gasteiger partial charge in [-0.1, -0.05) is 17.7 Å². The molecule has 0 amide bonds. The van der Waals surface area contributed by atoms with Gasteiger partial charge in [-0.25, -0.2) is 4.98 Å². The first-order chi connectivity index (χ1) is 8.06. The van der Waals surface area contributed by atoms with Crippen LogP contribution in [0, 0.1) is 13.8 Å². The molecule has 0 spiro atoms. The Morgan fingerprint density at radius 1 is 1.12 bits per heavy atom. The van der Waals surface area contributed by atoms with Crippen LogP contribution >= 0.6 is 15.9 Å². The molecular formula is C12H13BrN4. The molecule has 0 aliphatic heterocycles. The van der Waals surface area contributed by atoms with Crippen LogP contribution in [0.2, 0.25) is 0 Å². The van der Waals surface area contributed by atoms with Crippen LogP contribution in [0.3, 0.4) is 0 Å². The Morgan fingerprint density at radius 2 is 1.76 bits per heavy atom. The zero-order valence-corrected chi connectivity index (χ0v) is 11.2. The van der Waals surface area contributed by atoms with E-state index in [2.05, 4.69) is 31.2 Å². The quantitative estimate of drug-likeness (QED) is 0.892. The van der Waals surface area contributed by atoms with Gasteiger partial charge in [-0.05, 0) is 41.9 Å². The number of benzene rings is 1. The maximum absolute atomic E-state index is 5.76. The van der Waals surface area contributed by atoms with Crippen molar-refractivity contribution in [3.05, 3.63) is 40.0 Å². The second-order valence-corrected chi connectivity index (χ2v) is 4.62. The molecule has 0 aliphatic rings. The summed E-state index contributed by atoms with van der Waals surface area (Å²) in [4.78, 5) is 8.46. The summed E-state index contributed by atoms with van der Waals surface area (Å²) in [6.45, 7) is 3.92. The van der Waals surface area contributed by atoms with Crippen molar-refractivity contribution >= 4 is 33.4 Å². The minimum Gasteiger partial charge on any atom is -0.383 e. The van der Waals surface area contributed by atoms with E-state index in [1.807, 2.05) is 38.1 Å². The number of hydrogen-bond acceptors (Lipinski definition) is 4. The Balaban J connectivity index is 2.27. The Bertz CT molecular complexity index is 514. The van der Waals surface area contributed by atoms with Crippen molar-refractivity contribution in [2.75, 3.05) is 11.1 Å². The predicted molar refractivity (Wildman–Crippen MR) is 73.3 cm³/mol. The molecule has 0 fully saturated rings. The fraction of sp³-hybridized carbons (Fsp3) is 0.167. The third kappa shape index (κ3) is 2.74. The molecular weight excluding hydrogens is 280 g/mol. The van der Waals surface area contributed by atoms with Crippen LogP contribution in [0.15, 0.2) is 28.7 Å². The van der Waals surface area contributed by atoms with Crippen LogP contribution in [0.25, 0.3) is 0 Å². The normalized spacial score (nSPS) is 10.3. The van der Waals surface area contributed by atoms with Crippen molar-refractivity contribution in [1.82, 2.24) is 9.97 Å². The number of anilines is 3. The molecule has 3 N–H and O–H groups in total. The average Bonchev–Trinajstić information content (AvgIpc) is 2.29. The molecule has 0 saturated carbocycles. The fourth-order valence-electron chi connectivity index (χ4n) is 1.40. The lowest BCUT2D eigenvalue weighted by atomic mass is 10.2. The zero-order chi connectivity index (χ0) is 12.4. The first-order valence-corrected chi connectivity index (χ1v) is 5.99. The third-order valence-corrected chi connectivity index (χ3v) is 3.33. The topological polar surface area (TPSA) is 63.8 Å². The zero-order valence-electron chi connectivity index (χ0n) is 9.66. The summed E-state index contributed by atoms with van der Waals surface area (Å²) in [7, 11) is 0. The van der Waals surface area contributed by atoms with Crippen LogP contribution in [-0.2, 0) is 0 Å². The number of nitrogens with zero attached hydrogens (tertiary/aromatic N) is 2. The number of hydrogen-bond donors (Lipinski definition) is 2. The van der Waals surface area contributed by atoms with Gasteiger partial charge in [-0.15, -0.1) is 0 Å². The van der Waals surface area contributed by atoms with Crippen LogP contribution in [0.1, 0.15) is 11.3 Å². The summed E-state index contributed by atoms with van der Waals surface area (Å²) >= 11 is 3.33. The van der Waals surface area contributed by atoms with Crippen molar-refractivity contribution in [1.29, 1.82) is 0 Å². The largest absolute Gasteiger partial charge is 0.383 e. The summed E-state index contributed by atoms with van der Waals surface area (Å²) in [5.41, 5.74) is 8.73. The summed E-state index contributed by atoms with van der Waals surface area (Å²) in [6.07, 6.45) is 0. The number of nitrogens with two attached hydrogens (primary N) is 1. The van der Waals surface area contributed by atoms with Gasteiger partial charge < -0.3 is 11.1 Å². The molecule has 4 nitrogen and oxygen atoms in total. The molecule has 0 radical (unpaired) electrons. The molecule has 1 aromatic heterocycles. The summed E-state index contributed by atoms with van der Waals surface area (Å²) < 4.78 is 0.743. The van der Waals surface area contributed by atoms with Gasteiger partial charge in [-0.3, -0.25) is 0 Å². The van der Waals surface area contributed by atoms with Gasteiger partial charge >= 0.3 is 0 Å². The number of nitrogens with one attached hydrogen (secondary N) is 1. The fourth-order valence-corrected chi connectivity index (χ4v) is 1.58. The van der Waals surface area contributed by atoms with E-state index < -0.39 is 0 Å². The molecule has 1 aromatic carbocycles. The van der Waals surface area contributed by atoms with Crippen molar-refractivity contribution in [3.8, 4) is 0 Å². The van der Waals surface area contributed by atoms with Gasteiger partial charge in [0, 0.05) is 5.69 Å². The molecule has 2 rings (SSSR count). The molecule has 2 aromatic rings. The van der Waals surface area contributed by atoms with E-state index in [0.717, 1.165) is 15.9 Å². The third-order valence-electron chi connectivity index (χ3n) is 2.35. The number of rotatable bonds is 2. The summed E-state index contributed by atoms with van der Waals surface area (Å²) in [5.74, 6) is 0.944. The molecule has 17 heavy (non-hydrogen) atoms. The minimum absolute atomic E-state index is 0.437. The molecule has 0 atom stereocenters. The van der Waals surface area contributed by atoms with E-state index in [4.69, 9.17) is 5.73 Å². The molecule has 0 aliphatic carbocycles. The first-order valence-electron chi connectivity index (χ1n) is 5.19. The van der Waals surface area contributed by atoms with Crippen LogP contribution in [0.4, 0.5) is 17.5 Å². The van der Waals surface area contributed by atoms with Crippen LogP contribution < -0.4 is 11.1 Å². The summed E-state index contributed by atoms with van der Waals surface area (Å²) in [5, 5.41) is 3.12. The van der Waals surface area contributed by atoms with Crippen molar-refractivity contribution in [2.24, 2.45) is 0 Å². The molecule has 1 heterocycles. The average molecular weight is 293 g/mol. The second-order valence-electron chi connectivity index (χ2n) is 3.82. The molecule has 88 valence electrons. The highest BCUT2D eigenvalue weighted by molar-refractivity contribution is 9.10. The van der Waals surface area contributed by atoms with E-state index in [1.165, 1.54) is 5.56 Å². The van der Waals surface area contributed by atoms with Gasteiger partial charge in [0.2, 0.25) is 5.95 Å². The lowest BCUT2D eigenvalue weighted by Gasteiger charge is -2.08. The summed E-state index contributed by atoms with van der Waals surface area (Å²) in [6, 6.07) is 8.01. The van der Waals surface area contributed by atoms with Crippen LogP contribution in [0.5, 0.6) is 0 Å². The van der Waals surface area contributed by atoms with Crippen molar-refractivity contribution in [2.45, 2.75) is 13.8 Å². The maximum atomic E-state index is 5.76. The Kier molecular flexibility index (Phi) is 3.28. The minimum atomic E-state index is 0.437. The predicted octanol–water partition coefficient (Wildman–Crippen LogP) is 3.18. The maximum Gasteiger partial charge on any atom is 0.229 e. The first kappa shape index (κ1) is 11.9. The van der Waals surface area contributed by atoms with Crippen molar-refractivity contribution < 1.29 is 0 Å².